The first-order valence-corrected chi connectivity index (χ1v) is 12.0. The number of rotatable bonds is 8. The molecule has 1 aliphatic carbocycles. The second-order valence-electron chi connectivity index (χ2n) is 9.00. The zero-order valence-electron chi connectivity index (χ0n) is 20.2. The monoisotopic (exact) mass is 488 g/mol. The molecule has 1 aliphatic rings. The van der Waals surface area contributed by atoms with Crippen LogP contribution in [0.25, 0.3) is 17.1 Å². The maximum atomic E-state index is 11.4. The quantitative estimate of drug-likeness (QED) is 0.366. The average Bonchev–Trinajstić information content (AvgIpc) is 3.51. The number of aromatic nitrogens is 5. The van der Waals surface area contributed by atoms with Crippen LogP contribution in [0, 0.1) is 19.8 Å². The fraction of sp³-hybridized carbons (Fsp3) is 0.346. The van der Waals surface area contributed by atoms with Crippen molar-refractivity contribution in [3.05, 3.63) is 65.7 Å². The lowest BCUT2D eigenvalue weighted by Crippen LogP contribution is -2.29. The number of carboxylic acids is 1. The van der Waals surface area contributed by atoms with Crippen molar-refractivity contribution in [1.29, 1.82) is 0 Å². The first kappa shape index (κ1) is 23.5. The Morgan fingerprint density at radius 1 is 1.17 bits per heavy atom. The molecule has 1 saturated carbocycles. The molecule has 5 rings (SSSR count). The molecule has 10 nitrogen and oxygen atoms in total. The number of anilines is 1. The van der Waals surface area contributed by atoms with Crippen LogP contribution in [0.2, 0.25) is 0 Å². The molecule has 0 spiro atoms. The summed E-state index contributed by atoms with van der Waals surface area (Å²) in [7, 11) is 0. The van der Waals surface area contributed by atoms with E-state index < -0.39 is 5.97 Å². The summed E-state index contributed by atoms with van der Waals surface area (Å²) in [6.07, 6.45) is 4.44. The summed E-state index contributed by atoms with van der Waals surface area (Å²) in [5.41, 5.74) is 3.90. The van der Waals surface area contributed by atoms with Gasteiger partial charge in [-0.3, -0.25) is 4.79 Å². The van der Waals surface area contributed by atoms with Crippen molar-refractivity contribution in [2.75, 3.05) is 5.32 Å². The molecule has 0 bridgehead atoms. The Balaban J connectivity index is 1.28. The largest absolute Gasteiger partial charge is 0.489 e. The number of hydrogen-bond donors (Lipinski definition) is 2. The molecule has 0 unspecified atom stereocenters. The number of nitrogens with one attached hydrogen (secondary N) is 1. The Bertz CT molecular complexity index is 1350. The van der Waals surface area contributed by atoms with Gasteiger partial charge in [-0.25, -0.2) is 14.6 Å². The Morgan fingerprint density at radius 2 is 2.00 bits per heavy atom. The summed E-state index contributed by atoms with van der Waals surface area (Å²) in [4.78, 5) is 20.4. The number of carboxylic acid groups (broad SMARTS) is 1. The van der Waals surface area contributed by atoms with Crippen LogP contribution in [0.5, 0.6) is 5.75 Å². The van der Waals surface area contributed by atoms with Crippen LogP contribution in [0.3, 0.4) is 0 Å². The lowest BCUT2D eigenvalue weighted by Gasteiger charge is -2.27. The highest BCUT2D eigenvalue weighted by Crippen LogP contribution is 2.31. The molecular formula is C26H28N6O4. The highest BCUT2D eigenvalue weighted by atomic mass is 16.5. The van der Waals surface area contributed by atoms with Crippen molar-refractivity contribution in [2.24, 2.45) is 5.92 Å². The summed E-state index contributed by atoms with van der Waals surface area (Å²) in [5, 5.41) is 21.2. The Labute approximate surface area is 208 Å². The zero-order chi connectivity index (χ0) is 25.1. The number of carbonyl (C=O) groups is 1. The molecule has 3 heterocycles. The topological polar surface area (TPSA) is 128 Å². The first-order chi connectivity index (χ1) is 17.5. The molecule has 0 radical (unpaired) electrons. The SMILES string of the molecule is Cc1nc(-c2onc(C)c2CNc2ncn(-c3ccccc3)n2)ccc1O[C@H]1CCC[C@H](C(=O)O)C1. The number of ether oxygens (including phenoxy) is 1. The molecule has 2 N–H and O–H groups in total. The Kier molecular flexibility index (Phi) is 6.66. The minimum absolute atomic E-state index is 0.123. The molecule has 3 aromatic heterocycles. The van der Waals surface area contributed by atoms with Gasteiger partial charge < -0.3 is 19.7 Å². The van der Waals surface area contributed by atoms with E-state index in [2.05, 4.69) is 20.6 Å². The predicted molar refractivity (Wildman–Crippen MR) is 132 cm³/mol. The van der Waals surface area contributed by atoms with E-state index in [1.54, 1.807) is 11.0 Å². The molecule has 0 amide bonds. The van der Waals surface area contributed by atoms with E-state index in [-0.39, 0.29) is 12.0 Å². The van der Waals surface area contributed by atoms with Gasteiger partial charge in [0.25, 0.3) is 0 Å². The van der Waals surface area contributed by atoms with Crippen molar-refractivity contribution in [3.8, 4) is 22.9 Å². The molecular weight excluding hydrogens is 460 g/mol. The summed E-state index contributed by atoms with van der Waals surface area (Å²) < 4.78 is 13.5. The summed E-state index contributed by atoms with van der Waals surface area (Å²) >= 11 is 0. The van der Waals surface area contributed by atoms with Crippen LogP contribution in [0.15, 0.2) is 53.3 Å². The van der Waals surface area contributed by atoms with Crippen LogP contribution >= 0.6 is 0 Å². The van der Waals surface area contributed by atoms with Crippen molar-refractivity contribution in [1.82, 2.24) is 24.9 Å². The number of hydrogen-bond acceptors (Lipinski definition) is 8. The van der Waals surface area contributed by atoms with E-state index in [0.29, 0.717) is 48.2 Å². The average molecular weight is 489 g/mol. The van der Waals surface area contributed by atoms with Gasteiger partial charge in [-0.05, 0) is 63.8 Å². The first-order valence-electron chi connectivity index (χ1n) is 12.0. The molecule has 0 saturated heterocycles. The summed E-state index contributed by atoms with van der Waals surface area (Å²) in [6, 6.07) is 13.5. The molecule has 1 aromatic carbocycles. The van der Waals surface area contributed by atoms with Crippen LogP contribution in [0.1, 0.15) is 42.6 Å². The van der Waals surface area contributed by atoms with Crippen LogP contribution in [-0.4, -0.2) is 42.1 Å². The predicted octanol–water partition coefficient (Wildman–Crippen LogP) is 4.57. The highest BCUT2D eigenvalue weighted by molar-refractivity contribution is 5.70. The smallest absolute Gasteiger partial charge is 0.306 e. The van der Waals surface area contributed by atoms with Crippen molar-refractivity contribution in [2.45, 2.75) is 52.2 Å². The van der Waals surface area contributed by atoms with E-state index >= 15 is 0 Å². The third kappa shape index (κ3) is 5.07. The zero-order valence-corrected chi connectivity index (χ0v) is 20.2. The van der Waals surface area contributed by atoms with Gasteiger partial charge in [-0.15, -0.1) is 5.10 Å². The minimum Gasteiger partial charge on any atom is -0.489 e. The molecule has 4 aromatic rings. The van der Waals surface area contributed by atoms with Gasteiger partial charge >= 0.3 is 5.97 Å². The lowest BCUT2D eigenvalue weighted by atomic mass is 9.87. The summed E-state index contributed by atoms with van der Waals surface area (Å²) in [6.45, 7) is 4.17. The number of aliphatic carboxylic acids is 1. The Hall–Kier alpha value is -4.21. The number of para-hydroxylation sites is 1. The third-order valence-corrected chi connectivity index (χ3v) is 6.46. The highest BCUT2D eigenvalue weighted by Gasteiger charge is 2.28. The van der Waals surface area contributed by atoms with Gasteiger partial charge in [-0.1, -0.05) is 23.4 Å². The van der Waals surface area contributed by atoms with Crippen molar-refractivity contribution >= 4 is 11.9 Å². The van der Waals surface area contributed by atoms with Crippen molar-refractivity contribution < 1.29 is 19.2 Å². The van der Waals surface area contributed by atoms with E-state index in [9.17, 15) is 9.90 Å². The van der Waals surface area contributed by atoms with E-state index in [4.69, 9.17) is 14.2 Å². The van der Waals surface area contributed by atoms with Gasteiger partial charge in [0, 0.05) is 12.1 Å². The molecule has 0 aliphatic heterocycles. The number of benzene rings is 1. The normalized spacial score (nSPS) is 17.6. The van der Waals surface area contributed by atoms with Gasteiger partial charge in [-0.2, -0.15) is 0 Å². The number of pyridine rings is 1. The minimum atomic E-state index is -0.752. The fourth-order valence-corrected chi connectivity index (χ4v) is 4.47. The van der Waals surface area contributed by atoms with Crippen molar-refractivity contribution in [3.63, 3.8) is 0 Å². The van der Waals surface area contributed by atoms with Gasteiger partial charge in [0.1, 0.15) is 17.8 Å². The van der Waals surface area contributed by atoms with E-state index in [1.807, 2.05) is 56.3 Å². The number of aryl methyl sites for hydroxylation is 2. The van der Waals surface area contributed by atoms with Gasteiger partial charge in [0.15, 0.2) is 5.76 Å². The second kappa shape index (κ2) is 10.2. The molecule has 1 fully saturated rings. The van der Waals surface area contributed by atoms with Gasteiger partial charge in [0.2, 0.25) is 5.95 Å². The molecule has 186 valence electrons. The second-order valence-corrected chi connectivity index (χ2v) is 9.00. The molecule has 36 heavy (non-hydrogen) atoms. The van der Waals surface area contributed by atoms with Crippen LogP contribution < -0.4 is 10.1 Å². The van der Waals surface area contributed by atoms with E-state index in [0.717, 1.165) is 29.8 Å². The molecule has 10 heteroatoms. The van der Waals surface area contributed by atoms with Gasteiger partial charge in [0.05, 0.1) is 29.1 Å². The third-order valence-electron chi connectivity index (χ3n) is 6.46. The van der Waals surface area contributed by atoms with E-state index in [1.165, 1.54) is 0 Å². The maximum Gasteiger partial charge on any atom is 0.306 e. The lowest BCUT2D eigenvalue weighted by molar-refractivity contribution is -0.143. The number of nitrogens with zero attached hydrogens (tertiary/aromatic N) is 5. The fourth-order valence-electron chi connectivity index (χ4n) is 4.47. The standard InChI is InChI=1S/C26H28N6O4/c1-16-21(14-27-26-28-15-32(30-26)19-8-4-3-5-9-19)24(36-31-16)22-11-12-23(17(2)29-22)35-20-10-6-7-18(13-20)25(33)34/h3-5,8-9,11-12,15,18,20H,6-7,10,13-14H2,1-2H3,(H,27,30)(H,33,34)/t18-,20-/m0/s1. The van der Waals surface area contributed by atoms with Crippen LogP contribution in [-0.2, 0) is 11.3 Å². The van der Waals surface area contributed by atoms with Crippen LogP contribution in [0.4, 0.5) is 5.95 Å². The molecule has 2 atom stereocenters. The Morgan fingerprint density at radius 3 is 2.78 bits per heavy atom. The maximum absolute atomic E-state index is 11.4. The summed E-state index contributed by atoms with van der Waals surface area (Å²) in [5.74, 6) is 0.613.